The highest BCUT2D eigenvalue weighted by Crippen LogP contribution is 2.17. The molecule has 0 aromatic rings. The number of esters is 1. The first-order valence-electron chi connectivity index (χ1n) is 21.9. The summed E-state index contributed by atoms with van der Waals surface area (Å²) < 4.78 is 5.86. The summed E-state index contributed by atoms with van der Waals surface area (Å²) in [5.41, 5.74) is 0. The molecule has 0 aromatic heterocycles. The summed E-state index contributed by atoms with van der Waals surface area (Å²) in [6.07, 6.45) is 46.1. The van der Waals surface area contributed by atoms with E-state index in [1.54, 1.807) is 0 Å². The SMILES string of the molecule is CC/C=C/C/C=C/C/C=C/CCCCCCCCC(=O)OC(CCCCC/C=C\CCC)CC(=O)NC(CO)C(O)CCCCCCCCCCC. The average Bonchev–Trinajstić information content (AvgIpc) is 3.13. The van der Waals surface area contributed by atoms with Crippen molar-refractivity contribution in [2.45, 2.75) is 225 Å². The molecule has 0 saturated carbocycles. The van der Waals surface area contributed by atoms with Crippen molar-refractivity contribution in [3.63, 3.8) is 0 Å². The van der Waals surface area contributed by atoms with Crippen molar-refractivity contribution < 1.29 is 24.5 Å². The molecule has 0 aromatic carbocycles. The van der Waals surface area contributed by atoms with Gasteiger partial charge in [-0.2, -0.15) is 0 Å². The van der Waals surface area contributed by atoms with E-state index in [1.807, 2.05) is 0 Å². The van der Waals surface area contributed by atoms with E-state index in [1.165, 1.54) is 57.8 Å². The fourth-order valence-corrected chi connectivity index (χ4v) is 6.33. The van der Waals surface area contributed by atoms with Gasteiger partial charge in [-0.15, -0.1) is 0 Å². The number of allylic oxidation sites excluding steroid dienone is 8. The van der Waals surface area contributed by atoms with E-state index >= 15 is 0 Å². The number of unbranched alkanes of at least 4 members (excludes halogenated alkanes) is 18. The third-order valence-electron chi connectivity index (χ3n) is 9.62. The third kappa shape index (κ3) is 34.9. The van der Waals surface area contributed by atoms with Crippen LogP contribution in [0.25, 0.3) is 0 Å². The van der Waals surface area contributed by atoms with E-state index in [0.29, 0.717) is 19.3 Å². The Hall–Kier alpha value is -2.18. The number of hydrogen-bond donors (Lipinski definition) is 3. The van der Waals surface area contributed by atoms with Crippen molar-refractivity contribution in [2.75, 3.05) is 6.61 Å². The van der Waals surface area contributed by atoms with Gasteiger partial charge in [0, 0.05) is 6.42 Å². The minimum absolute atomic E-state index is 0.0600. The molecule has 302 valence electrons. The second-order valence-corrected chi connectivity index (χ2v) is 14.7. The molecule has 0 aliphatic carbocycles. The van der Waals surface area contributed by atoms with Crippen molar-refractivity contribution in [3.8, 4) is 0 Å². The highest BCUT2D eigenvalue weighted by molar-refractivity contribution is 5.77. The smallest absolute Gasteiger partial charge is 0.306 e. The summed E-state index contributed by atoms with van der Waals surface area (Å²) in [7, 11) is 0. The lowest BCUT2D eigenvalue weighted by Gasteiger charge is -2.24. The van der Waals surface area contributed by atoms with Gasteiger partial charge in [0.2, 0.25) is 5.91 Å². The Balaban J connectivity index is 4.52. The average molecular weight is 730 g/mol. The zero-order chi connectivity index (χ0) is 38.2. The summed E-state index contributed by atoms with van der Waals surface area (Å²) in [5.74, 6) is -0.512. The maximum absolute atomic E-state index is 13.0. The van der Waals surface area contributed by atoms with Gasteiger partial charge in [0.1, 0.15) is 6.10 Å². The Kier molecular flexibility index (Phi) is 38.3. The number of rotatable bonds is 38. The van der Waals surface area contributed by atoms with Gasteiger partial charge in [0.05, 0.1) is 25.2 Å². The zero-order valence-electron chi connectivity index (χ0n) is 34.2. The summed E-state index contributed by atoms with van der Waals surface area (Å²) in [6.45, 7) is 6.25. The van der Waals surface area contributed by atoms with E-state index in [0.717, 1.165) is 103 Å². The number of hydrogen-bond acceptors (Lipinski definition) is 5. The highest BCUT2D eigenvalue weighted by atomic mass is 16.5. The molecule has 6 nitrogen and oxygen atoms in total. The molecular formula is C46H83NO5. The van der Waals surface area contributed by atoms with Crippen molar-refractivity contribution >= 4 is 11.9 Å². The van der Waals surface area contributed by atoms with Crippen LogP contribution in [0.2, 0.25) is 0 Å². The van der Waals surface area contributed by atoms with Crippen LogP contribution in [0.3, 0.4) is 0 Å². The summed E-state index contributed by atoms with van der Waals surface area (Å²) in [6, 6.07) is -0.705. The fraction of sp³-hybridized carbons (Fsp3) is 0.783. The number of carbonyl (C=O) groups is 2. The second kappa shape index (κ2) is 40.0. The molecule has 0 rings (SSSR count). The molecule has 0 heterocycles. The lowest BCUT2D eigenvalue weighted by Crippen LogP contribution is -2.46. The van der Waals surface area contributed by atoms with E-state index in [9.17, 15) is 19.8 Å². The van der Waals surface area contributed by atoms with Gasteiger partial charge >= 0.3 is 5.97 Å². The number of amides is 1. The first kappa shape index (κ1) is 49.8. The minimum atomic E-state index is -0.790. The minimum Gasteiger partial charge on any atom is -0.462 e. The molecule has 0 aliphatic rings. The molecular weight excluding hydrogens is 647 g/mol. The molecule has 0 bridgehead atoms. The zero-order valence-corrected chi connectivity index (χ0v) is 34.2. The van der Waals surface area contributed by atoms with Crippen LogP contribution >= 0.6 is 0 Å². The van der Waals surface area contributed by atoms with Gasteiger partial charge in [0.15, 0.2) is 0 Å². The summed E-state index contributed by atoms with van der Waals surface area (Å²) in [5, 5.41) is 23.5. The number of carbonyl (C=O) groups excluding carboxylic acids is 2. The van der Waals surface area contributed by atoms with E-state index in [2.05, 4.69) is 74.7 Å². The third-order valence-corrected chi connectivity index (χ3v) is 9.62. The lowest BCUT2D eigenvalue weighted by molar-refractivity contribution is -0.151. The highest BCUT2D eigenvalue weighted by Gasteiger charge is 2.24. The quantitative estimate of drug-likeness (QED) is 0.0334. The molecule has 3 atom stereocenters. The van der Waals surface area contributed by atoms with Gasteiger partial charge in [0.25, 0.3) is 0 Å². The maximum atomic E-state index is 13.0. The van der Waals surface area contributed by atoms with E-state index in [-0.39, 0.29) is 24.9 Å². The van der Waals surface area contributed by atoms with Crippen LogP contribution in [0.1, 0.15) is 207 Å². The number of ether oxygens (including phenoxy) is 1. The molecule has 0 fully saturated rings. The molecule has 0 aliphatic heterocycles. The van der Waals surface area contributed by atoms with Gasteiger partial charge in [-0.25, -0.2) is 0 Å². The van der Waals surface area contributed by atoms with Crippen molar-refractivity contribution in [2.24, 2.45) is 0 Å². The van der Waals surface area contributed by atoms with Crippen LogP contribution in [0.15, 0.2) is 48.6 Å². The molecule has 0 saturated heterocycles. The monoisotopic (exact) mass is 730 g/mol. The molecule has 0 radical (unpaired) electrons. The Morgan fingerprint density at radius 3 is 1.69 bits per heavy atom. The number of aliphatic hydroxyl groups is 2. The van der Waals surface area contributed by atoms with Crippen LogP contribution < -0.4 is 5.32 Å². The van der Waals surface area contributed by atoms with E-state index < -0.39 is 18.2 Å². The van der Waals surface area contributed by atoms with Gasteiger partial charge < -0.3 is 20.3 Å². The van der Waals surface area contributed by atoms with Crippen molar-refractivity contribution in [1.82, 2.24) is 5.32 Å². The number of nitrogens with one attached hydrogen (secondary N) is 1. The Morgan fingerprint density at radius 1 is 0.577 bits per heavy atom. The van der Waals surface area contributed by atoms with Gasteiger partial charge in [-0.05, 0) is 77.0 Å². The predicted octanol–water partition coefficient (Wildman–Crippen LogP) is 12.3. The standard InChI is InChI=1S/C46H83NO5/c1-4-7-10-13-16-19-20-21-22-23-24-25-27-30-33-36-39-46(51)52-42(37-34-31-28-18-15-12-9-6-3)40-45(50)47-43(41-48)44(49)38-35-32-29-26-17-14-11-8-5-2/h7,10,12,15-16,19,21-22,42-44,48-49H,4-6,8-9,11,13-14,17-18,20,23-41H2,1-3H3,(H,47,50)/b10-7+,15-12-,19-16+,22-21+. The van der Waals surface area contributed by atoms with Crippen molar-refractivity contribution in [3.05, 3.63) is 48.6 Å². The molecule has 6 heteroatoms. The molecule has 0 spiro atoms. The predicted molar refractivity (Wildman–Crippen MR) is 222 cm³/mol. The maximum Gasteiger partial charge on any atom is 0.306 e. The number of aliphatic hydroxyl groups excluding tert-OH is 2. The lowest BCUT2D eigenvalue weighted by atomic mass is 10.0. The molecule has 52 heavy (non-hydrogen) atoms. The van der Waals surface area contributed by atoms with Crippen molar-refractivity contribution in [1.29, 1.82) is 0 Å². The van der Waals surface area contributed by atoms with Crippen LogP contribution in [0.5, 0.6) is 0 Å². The van der Waals surface area contributed by atoms with Crippen LogP contribution in [0, 0.1) is 0 Å². The topological polar surface area (TPSA) is 95.9 Å². The molecule has 3 N–H and O–H groups in total. The second-order valence-electron chi connectivity index (χ2n) is 14.7. The Morgan fingerprint density at radius 2 is 1.08 bits per heavy atom. The Labute approximate surface area is 321 Å². The van der Waals surface area contributed by atoms with E-state index in [4.69, 9.17) is 4.74 Å². The van der Waals surface area contributed by atoms with Gasteiger partial charge in [-0.3, -0.25) is 9.59 Å². The van der Waals surface area contributed by atoms with Crippen LogP contribution in [-0.4, -0.2) is 46.9 Å². The van der Waals surface area contributed by atoms with Crippen LogP contribution in [-0.2, 0) is 14.3 Å². The molecule has 3 unspecified atom stereocenters. The molecule has 1 amide bonds. The summed E-state index contributed by atoms with van der Waals surface area (Å²) >= 11 is 0. The Bertz CT molecular complexity index is 910. The fourth-order valence-electron chi connectivity index (χ4n) is 6.33. The first-order chi connectivity index (χ1) is 25.5. The van der Waals surface area contributed by atoms with Gasteiger partial charge in [-0.1, -0.05) is 166 Å². The van der Waals surface area contributed by atoms with Crippen LogP contribution in [0.4, 0.5) is 0 Å². The normalized spacial score (nSPS) is 13.9. The largest absolute Gasteiger partial charge is 0.462 e. The summed E-state index contributed by atoms with van der Waals surface area (Å²) in [4.78, 5) is 25.8. The first-order valence-corrected chi connectivity index (χ1v) is 21.9.